The topological polar surface area (TPSA) is 63.3 Å². The maximum absolute atomic E-state index is 6.22. The van der Waals surface area contributed by atoms with Crippen molar-refractivity contribution >= 4 is 44.9 Å². The van der Waals surface area contributed by atoms with Crippen LogP contribution in [0.4, 0.5) is 5.82 Å². The Morgan fingerprint density at radius 3 is 2.34 bits per heavy atom. The highest BCUT2D eigenvalue weighted by Crippen LogP contribution is 2.37. The van der Waals surface area contributed by atoms with Crippen molar-refractivity contribution in [3.63, 3.8) is 0 Å². The molecule has 6 aromatic rings. The Morgan fingerprint density at radius 2 is 1.50 bits per heavy atom. The van der Waals surface area contributed by atoms with Crippen molar-refractivity contribution in [3.8, 4) is 11.4 Å². The van der Waals surface area contributed by atoms with Gasteiger partial charge in [-0.15, -0.1) is 0 Å². The Balaban J connectivity index is 1.58. The largest absolute Gasteiger partial charge is 0.450 e. The molecule has 5 nitrogen and oxygen atoms in total. The number of benzene rings is 4. The molecule has 2 aromatic heterocycles. The van der Waals surface area contributed by atoms with Crippen LogP contribution in [-0.4, -0.2) is 16.2 Å². The molecule has 32 heavy (non-hydrogen) atoms. The summed E-state index contributed by atoms with van der Waals surface area (Å²) < 4.78 is 6.22. The highest BCUT2D eigenvalue weighted by atomic mass is 16.3. The first-order valence-corrected chi connectivity index (χ1v) is 10.4. The maximum atomic E-state index is 6.22. The van der Waals surface area contributed by atoms with Gasteiger partial charge in [-0.2, -0.15) is 5.10 Å². The Bertz CT molecular complexity index is 1590. The van der Waals surface area contributed by atoms with E-state index >= 15 is 0 Å². The molecular weight excluding hydrogens is 396 g/mol. The van der Waals surface area contributed by atoms with Crippen LogP contribution < -0.4 is 5.43 Å². The second-order valence-corrected chi connectivity index (χ2v) is 7.48. The van der Waals surface area contributed by atoms with Gasteiger partial charge in [-0.05, 0) is 22.4 Å². The number of fused-ring (bicyclic) bond motifs is 5. The molecule has 0 spiro atoms. The van der Waals surface area contributed by atoms with Crippen molar-refractivity contribution in [2.24, 2.45) is 5.10 Å². The van der Waals surface area contributed by atoms with Gasteiger partial charge in [0, 0.05) is 5.56 Å². The SMILES string of the molecule is C(=N\Nc1nc(-c2ccccc2)nc2c1oc1ccc3ccccc3c12)/c1ccccc1. The average molecular weight is 414 g/mol. The number of rotatable bonds is 4. The number of hydrogen-bond acceptors (Lipinski definition) is 5. The van der Waals surface area contributed by atoms with E-state index < -0.39 is 0 Å². The summed E-state index contributed by atoms with van der Waals surface area (Å²) in [7, 11) is 0. The molecule has 0 fully saturated rings. The molecule has 0 radical (unpaired) electrons. The fraction of sp³-hybridized carbons (Fsp3) is 0. The summed E-state index contributed by atoms with van der Waals surface area (Å²) in [5, 5.41) is 7.62. The standard InChI is InChI=1S/C27H18N4O/c1-3-9-18(10-4-1)17-28-31-27-25-24(29-26(30-27)20-12-5-2-6-13-20)23-21-14-8-7-11-19(21)15-16-22(23)32-25/h1-17H,(H,29,30,31)/b28-17+. The second-order valence-electron chi connectivity index (χ2n) is 7.48. The molecule has 6 rings (SSSR count). The van der Waals surface area contributed by atoms with Crippen LogP contribution in [0.5, 0.6) is 0 Å². The third kappa shape index (κ3) is 3.17. The number of anilines is 1. The van der Waals surface area contributed by atoms with Crippen molar-refractivity contribution in [1.29, 1.82) is 0 Å². The molecule has 0 saturated carbocycles. The summed E-state index contributed by atoms with van der Waals surface area (Å²) >= 11 is 0. The fourth-order valence-electron chi connectivity index (χ4n) is 3.91. The van der Waals surface area contributed by atoms with Gasteiger partial charge in [-0.3, -0.25) is 5.43 Å². The van der Waals surface area contributed by atoms with Crippen molar-refractivity contribution in [2.75, 3.05) is 5.43 Å². The molecule has 5 heteroatoms. The molecule has 4 aromatic carbocycles. The van der Waals surface area contributed by atoms with E-state index in [1.54, 1.807) is 6.21 Å². The first-order chi connectivity index (χ1) is 15.9. The van der Waals surface area contributed by atoms with Crippen LogP contribution in [0, 0.1) is 0 Å². The smallest absolute Gasteiger partial charge is 0.197 e. The van der Waals surface area contributed by atoms with Gasteiger partial charge in [0.05, 0.1) is 11.6 Å². The van der Waals surface area contributed by atoms with Crippen LogP contribution in [0.25, 0.3) is 44.2 Å². The molecule has 1 N–H and O–H groups in total. The molecule has 0 aliphatic carbocycles. The Hall–Kier alpha value is -4.51. The third-order valence-electron chi connectivity index (χ3n) is 5.42. The Labute approximate surface area is 184 Å². The predicted octanol–water partition coefficient (Wildman–Crippen LogP) is 6.64. The molecule has 0 amide bonds. The van der Waals surface area contributed by atoms with Gasteiger partial charge in [0.15, 0.2) is 17.2 Å². The molecule has 0 aliphatic heterocycles. The Kier molecular flexibility index (Phi) is 4.36. The second kappa shape index (κ2) is 7.63. The number of aromatic nitrogens is 2. The zero-order chi connectivity index (χ0) is 21.3. The highest BCUT2D eigenvalue weighted by Gasteiger charge is 2.18. The monoisotopic (exact) mass is 414 g/mol. The first-order valence-electron chi connectivity index (χ1n) is 10.4. The van der Waals surface area contributed by atoms with E-state index in [9.17, 15) is 0 Å². The zero-order valence-corrected chi connectivity index (χ0v) is 17.1. The minimum absolute atomic E-state index is 0.529. The van der Waals surface area contributed by atoms with Crippen LogP contribution in [0.3, 0.4) is 0 Å². The zero-order valence-electron chi connectivity index (χ0n) is 17.1. The van der Waals surface area contributed by atoms with E-state index in [0.29, 0.717) is 17.2 Å². The van der Waals surface area contributed by atoms with Crippen molar-refractivity contribution in [3.05, 3.63) is 103 Å². The van der Waals surface area contributed by atoms with Crippen LogP contribution in [0.2, 0.25) is 0 Å². The number of furan rings is 1. The van der Waals surface area contributed by atoms with E-state index in [1.807, 2.05) is 78.9 Å². The van der Waals surface area contributed by atoms with E-state index in [-0.39, 0.29) is 0 Å². The first kappa shape index (κ1) is 18.3. The fourth-order valence-corrected chi connectivity index (χ4v) is 3.91. The lowest BCUT2D eigenvalue weighted by Crippen LogP contribution is -1.98. The van der Waals surface area contributed by atoms with Gasteiger partial charge in [0.1, 0.15) is 11.1 Å². The third-order valence-corrected chi connectivity index (χ3v) is 5.42. The normalized spacial score (nSPS) is 11.6. The van der Waals surface area contributed by atoms with Gasteiger partial charge in [0.25, 0.3) is 0 Å². The Morgan fingerprint density at radius 1 is 0.750 bits per heavy atom. The molecule has 0 unspecified atom stereocenters. The van der Waals surface area contributed by atoms with Gasteiger partial charge in [-0.25, -0.2) is 9.97 Å². The molecule has 0 bridgehead atoms. The van der Waals surface area contributed by atoms with Crippen molar-refractivity contribution in [2.45, 2.75) is 0 Å². The number of hydrazone groups is 1. The minimum Gasteiger partial charge on any atom is -0.450 e. The van der Waals surface area contributed by atoms with Crippen LogP contribution >= 0.6 is 0 Å². The number of hydrogen-bond donors (Lipinski definition) is 1. The van der Waals surface area contributed by atoms with Gasteiger partial charge < -0.3 is 4.42 Å². The van der Waals surface area contributed by atoms with Gasteiger partial charge in [0.2, 0.25) is 0 Å². The predicted molar refractivity (Wildman–Crippen MR) is 130 cm³/mol. The van der Waals surface area contributed by atoms with Crippen LogP contribution in [-0.2, 0) is 0 Å². The van der Waals surface area contributed by atoms with E-state index in [0.717, 1.165) is 38.4 Å². The lowest BCUT2D eigenvalue weighted by molar-refractivity contribution is 0.667. The van der Waals surface area contributed by atoms with E-state index in [2.05, 4.69) is 28.7 Å². The molecule has 0 saturated heterocycles. The maximum Gasteiger partial charge on any atom is 0.197 e. The van der Waals surface area contributed by atoms with Crippen molar-refractivity contribution < 1.29 is 4.42 Å². The number of nitrogens with zero attached hydrogens (tertiary/aromatic N) is 3. The summed E-state index contributed by atoms with van der Waals surface area (Å²) in [6.45, 7) is 0. The lowest BCUT2D eigenvalue weighted by Gasteiger charge is -2.05. The summed E-state index contributed by atoms with van der Waals surface area (Å²) in [6.07, 6.45) is 1.76. The van der Waals surface area contributed by atoms with Gasteiger partial charge >= 0.3 is 0 Å². The van der Waals surface area contributed by atoms with Gasteiger partial charge in [-0.1, -0.05) is 91.0 Å². The summed E-state index contributed by atoms with van der Waals surface area (Å²) in [6, 6.07) is 32.1. The molecule has 0 atom stereocenters. The summed E-state index contributed by atoms with van der Waals surface area (Å²) in [5.74, 6) is 1.15. The molecule has 152 valence electrons. The molecular formula is C27H18N4O. The lowest BCUT2D eigenvalue weighted by atomic mass is 10.1. The van der Waals surface area contributed by atoms with Crippen molar-refractivity contribution in [1.82, 2.24) is 9.97 Å². The van der Waals surface area contributed by atoms with E-state index in [4.69, 9.17) is 14.4 Å². The highest BCUT2D eigenvalue weighted by molar-refractivity contribution is 6.18. The van der Waals surface area contributed by atoms with Crippen LogP contribution in [0.15, 0.2) is 107 Å². The number of nitrogens with one attached hydrogen (secondary N) is 1. The summed E-state index contributed by atoms with van der Waals surface area (Å²) in [4.78, 5) is 9.66. The average Bonchev–Trinajstić information content (AvgIpc) is 3.25. The minimum atomic E-state index is 0.529. The molecule has 2 heterocycles. The summed E-state index contributed by atoms with van der Waals surface area (Å²) in [5.41, 5.74) is 7.12. The van der Waals surface area contributed by atoms with E-state index in [1.165, 1.54) is 0 Å². The molecule has 0 aliphatic rings. The quantitative estimate of drug-likeness (QED) is 0.259. The van der Waals surface area contributed by atoms with Crippen LogP contribution in [0.1, 0.15) is 5.56 Å².